The number of benzene rings is 1. The van der Waals surface area contributed by atoms with Gasteiger partial charge in [-0.1, -0.05) is 32.5 Å². The van der Waals surface area contributed by atoms with Crippen LogP contribution in [0.2, 0.25) is 0 Å². The highest BCUT2D eigenvalue weighted by Gasteiger charge is 2.11. The summed E-state index contributed by atoms with van der Waals surface area (Å²) < 4.78 is 5.24. The molecule has 3 nitrogen and oxygen atoms in total. The molecule has 1 aromatic carbocycles. The summed E-state index contributed by atoms with van der Waals surface area (Å²) in [4.78, 5) is 0.409. The highest BCUT2D eigenvalue weighted by Crippen LogP contribution is 2.24. The van der Waals surface area contributed by atoms with Crippen molar-refractivity contribution in [3.05, 3.63) is 23.8 Å². The molecule has 0 aliphatic heterocycles. The number of hydrogen-bond acceptors (Lipinski definition) is 3. The maximum atomic E-state index is 5.75. The van der Waals surface area contributed by atoms with E-state index in [4.69, 9.17) is 22.7 Å². The zero-order chi connectivity index (χ0) is 13.5. The molecule has 0 fully saturated rings. The van der Waals surface area contributed by atoms with E-state index >= 15 is 0 Å². The number of hydrogen-bond donors (Lipinski definition) is 2. The van der Waals surface area contributed by atoms with Crippen LogP contribution >= 0.6 is 12.2 Å². The second kappa shape index (κ2) is 7.21. The third-order valence-corrected chi connectivity index (χ3v) is 3.20. The van der Waals surface area contributed by atoms with Gasteiger partial charge >= 0.3 is 0 Å². The fourth-order valence-corrected chi connectivity index (χ4v) is 2.11. The second-order valence-electron chi connectivity index (χ2n) is 4.31. The summed E-state index contributed by atoms with van der Waals surface area (Å²) in [6, 6.07) is 6.17. The molecule has 0 spiro atoms. The number of methoxy groups -OCH3 is 1. The molecule has 0 saturated carbocycles. The lowest BCUT2D eigenvalue weighted by molar-refractivity contribution is 0.415. The van der Waals surface area contributed by atoms with E-state index in [1.165, 1.54) is 0 Å². The van der Waals surface area contributed by atoms with Gasteiger partial charge in [0.15, 0.2) is 0 Å². The van der Waals surface area contributed by atoms with Crippen LogP contribution in [0, 0.1) is 0 Å². The van der Waals surface area contributed by atoms with Crippen LogP contribution in [-0.4, -0.2) is 18.1 Å². The number of thiocarbonyl (C=S) groups is 1. The highest BCUT2D eigenvalue weighted by atomic mass is 32.1. The zero-order valence-electron chi connectivity index (χ0n) is 11.3. The lowest BCUT2D eigenvalue weighted by Gasteiger charge is -2.20. The first-order valence-corrected chi connectivity index (χ1v) is 6.77. The van der Waals surface area contributed by atoms with Crippen LogP contribution in [0.3, 0.4) is 0 Å². The van der Waals surface area contributed by atoms with E-state index in [-0.39, 0.29) is 0 Å². The fraction of sp³-hybridized carbons (Fsp3) is 0.500. The Morgan fingerprint density at radius 1 is 1.44 bits per heavy atom. The third kappa shape index (κ3) is 3.88. The smallest absolute Gasteiger partial charge is 0.120 e. The van der Waals surface area contributed by atoms with Gasteiger partial charge in [0.05, 0.1) is 7.11 Å². The Balaban J connectivity index is 2.99. The van der Waals surface area contributed by atoms with Gasteiger partial charge in [0, 0.05) is 23.4 Å². The molecule has 1 rings (SSSR count). The van der Waals surface area contributed by atoms with Crippen molar-refractivity contribution in [2.24, 2.45) is 5.73 Å². The highest BCUT2D eigenvalue weighted by molar-refractivity contribution is 7.80. The normalized spacial score (nSPS) is 11.9. The molecule has 18 heavy (non-hydrogen) atoms. The molecule has 3 N–H and O–H groups in total. The second-order valence-corrected chi connectivity index (χ2v) is 4.75. The molecule has 100 valence electrons. The Morgan fingerprint density at radius 3 is 2.67 bits per heavy atom. The van der Waals surface area contributed by atoms with Gasteiger partial charge in [0.2, 0.25) is 0 Å². The van der Waals surface area contributed by atoms with Gasteiger partial charge in [-0.15, -0.1) is 0 Å². The van der Waals surface area contributed by atoms with Gasteiger partial charge in [-0.2, -0.15) is 0 Å². The molecule has 1 aromatic rings. The average molecular weight is 266 g/mol. The van der Waals surface area contributed by atoms with Crippen LogP contribution in [-0.2, 0) is 0 Å². The van der Waals surface area contributed by atoms with E-state index in [2.05, 4.69) is 19.2 Å². The molecule has 0 radical (unpaired) electrons. The molecule has 1 unspecified atom stereocenters. The van der Waals surface area contributed by atoms with E-state index in [0.29, 0.717) is 11.0 Å². The van der Waals surface area contributed by atoms with Crippen LogP contribution < -0.4 is 15.8 Å². The van der Waals surface area contributed by atoms with Crippen LogP contribution in [0.4, 0.5) is 5.69 Å². The first kappa shape index (κ1) is 14.8. The number of anilines is 1. The Hall–Kier alpha value is -1.29. The molecule has 0 aliphatic carbocycles. The minimum atomic E-state index is 0.409. The van der Waals surface area contributed by atoms with E-state index in [0.717, 1.165) is 36.3 Å². The number of rotatable bonds is 7. The van der Waals surface area contributed by atoms with Gasteiger partial charge in [0.1, 0.15) is 10.7 Å². The molecule has 0 aliphatic rings. The minimum absolute atomic E-state index is 0.409. The summed E-state index contributed by atoms with van der Waals surface area (Å²) in [6.07, 6.45) is 3.35. The Kier molecular flexibility index (Phi) is 5.92. The lowest BCUT2D eigenvalue weighted by Crippen LogP contribution is -2.21. The minimum Gasteiger partial charge on any atom is -0.497 e. The molecule has 4 heteroatoms. The summed E-state index contributed by atoms with van der Waals surface area (Å²) in [6.45, 7) is 4.36. The topological polar surface area (TPSA) is 47.3 Å². The van der Waals surface area contributed by atoms with Gasteiger partial charge < -0.3 is 15.8 Å². The maximum absolute atomic E-state index is 5.75. The summed E-state index contributed by atoms with van der Waals surface area (Å²) in [7, 11) is 1.66. The number of ether oxygens (including phenoxy) is 1. The van der Waals surface area contributed by atoms with Crippen molar-refractivity contribution in [3.63, 3.8) is 0 Å². The average Bonchev–Trinajstić information content (AvgIpc) is 2.37. The third-order valence-electron chi connectivity index (χ3n) is 2.98. The van der Waals surface area contributed by atoms with Crippen molar-refractivity contribution >= 4 is 22.9 Å². The lowest BCUT2D eigenvalue weighted by atomic mass is 10.1. The van der Waals surface area contributed by atoms with Crippen molar-refractivity contribution in [2.75, 3.05) is 12.4 Å². The molecule has 0 bridgehead atoms. The Bertz CT molecular complexity index is 407. The van der Waals surface area contributed by atoms with Gasteiger partial charge in [-0.05, 0) is 25.0 Å². The van der Waals surface area contributed by atoms with E-state index in [1.54, 1.807) is 7.11 Å². The summed E-state index contributed by atoms with van der Waals surface area (Å²) in [5.41, 5.74) is 7.58. The molecular weight excluding hydrogens is 244 g/mol. The van der Waals surface area contributed by atoms with E-state index in [9.17, 15) is 0 Å². The van der Waals surface area contributed by atoms with Crippen molar-refractivity contribution in [3.8, 4) is 5.75 Å². The predicted octanol–water partition coefficient (Wildman–Crippen LogP) is 3.32. The van der Waals surface area contributed by atoms with E-state index < -0.39 is 0 Å². The van der Waals surface area contributed by atoms with Gasteiger partial charge in [0.25, 0.3) is 0 Å². The Labute approximate surface area is 115 Å². The van der Waals surface area contributed by atoms with E-state index in [1.807, 2.05) is 18.2 Å². The monoisotopic (exact) mass is 266 g/mol. The first-order valence-electron chi connectivity index (χ1n) is 6.36. The van der Waals surface area contributed by atoms with Crippen molar-refractivity contribution < 1.29 is 4.74 Å². The fourth-order valence-electron chi connectivity index (χ4n) is 1.93. The molecule has 0 heterocycles. The van der Waals surface area contributed by atoms with Crippen LogP contribution in [0.1, 0.15) is 38.7 Å². The molecule has 0 aromatic heterocycles. The van der Waals surface area contributed by atoms with Crippen LogP contribution in [0.25, 0.3) is 0 Å². The molecule has 0 amide bonds. The molecule has 0 saturated heterocycles. The SMILES string of the molecule is CCCC(CC)Nc1cc(OC)ccc1C(N)=S. The first-order chi connectivity index (χ1) is 8.62. The molecule has 1 atom stereocenters. The van der Waals surface area contributed by atoms with Crippen molar-refractivity contribution in [2.45, 2.75) is 39.2 Å². The standard InChI is InChI=1S/C14H22N2OS/c1-4-6-10(5-2)16-13-9-11(17-3)7-8-12(13)14(15)18/h7-10,16H,4-6H2,1-3H3,(H2,15,18). The summed E-state index contributed by atoms with van der Waals surface area (Å²) in [5.74, 6) is 0.809. The van der Waals surface area contributed by atoms with Crippen molar-refractivity contribution in [1.29, 1.82) is 0 Å². The number of nitrogens with two attached hydrogens (primary N) is 1. The van der Waals surface area contributed by atoms with Crippen molar-refractivity contribution in [1.82, 2.24) is 0 Å². The summed E-state index contributed by atoms with van der Waals surface area (Å²) in [5, 5.41) is 3.51. The number of nitrogens with one attached hydrogen (secondary N) is 1. The molecular formula is C14H22N2OS. The van der Waals surface area contributed by atoms with Crippen LogP contribution in [0.5, 0.6) is 5.75 Å². The largest absolute Gasteiger partial charge is 0.497 e. The zero-order valence-corrected chi connectivity index (χ0v) is 12.1. The van der Waals surface area contributed by atoms with Crippen LogP contribution in [0.15, 0.2) is 18.2 Å². The quantitative estimate of drug-likeness (QED) is 0.743. The van der Waals surface area contributed by atoms with Gasteiger partial charge in [-0.3, -0.25) is 0 Å². The Morgan fingerprint density at radius 2 is 2.17 bits per heavy atom. The summed E-state index contributed by atoms with van der Waals surface area (Å²) >= 11 is 5.08. The maximum Gasteiger partial charge on any atom is 0.120 e. The van der Waals surface area contributed by atoms with Gasteiger partial charge in [-0.25, -0.2) is 0 Å². The predicted molar refractivity (Wildman–Crippen MR) is 81.5 cm³/mol.